The number of benzene rings is 2. The first-order valence-corrected chi connectivity index (χ1v) is 7.68. The molecule has 0 aliphatic heterocycles. The second-order valence-corrected chi connectivity index (χ2v) is 5.15. The average Bonchev–Trinajstić information content (AvgIpc) is 3.05. The zero-order chi connectivity index (χ0) is 17.5. The van der Waals surface area contributed by atoms with E-state index in [4.69, 9.17) is 4.74 Å². The van der Waals surface area contributed by atoms with Gasteiger partial charge in [-0.3, -0.25) is 4.79 Å². The van der Waals surface area contributed by atoms with E-state index in [1.807, 2.05) is 54.6 Å². The van der Waals surface area contributed by atoms with Gasteiger partial charge in [-0.2, -0.15) is 5.10 Å². The topological polar surface area (TPSA) is 81.4 Å². The van der Waals surface area contributed by atoms with Gasteiger partial charge < -0.3 is 4.74 Å². The molecule has 1 aromatic heterocycles. The molecule has 0 radical (unpaired) electrons. The molecule has 2 aromatic carbocycles. The van der Waals surface area contributed by atoms with Gasteiger partial charge in [0.15, 0.2) is 0 Å². The minimum absolute atomic E-state index is 0.0497. The van der Waals surface area contributed by atoms with Crippen LogP contribution in [0.2, 0.25) is 0 Å². The zero-order valence-electron chi connectivity index (χ0n) is 13.7. The van der Waals surface area contributed by atoms with Crippen LogP contribution in [0.1, 0.15) is 5.56 Å². The van der Waals surface area contributed by atoms with Crippen molar-refractivity contribution in [2.45, 2.75) is 6.54 Å². The number of ether oxygens (including phenoxy) is 1. The van der Waals surface area contributed by atoms with Crippen LogP contribution in [-0.4, -0.2) is 34.2 Å². The Morgan fingerprint density at radius 3 is 2.92 bits per heavy atom. The Labute approximate surface area is 144 Å². The third-order valence-electron chi connectivity index (χ3n) is 3.48. The number of para-hydroxylation sites is 2. The summed E-state index contributed by atoms with van der Waals surface area (Å²) < 4.78 is 6.79. The van der Waals surface area contributed by atoms with Crippen LogP contribution >= 0.6 is 0 Å². The van der Waals surface area contributed by atoms with Gasteiger partial charge in [-0.1, -0.05) is 35.5 Å². The molecule has 0 saturated carbocycles. The number of nitrogens with one attached hydrogen (secondary N) is 1. The van der Waals surface area contributed by atoms with Crippen molar-refractivity contribution in [3.63, 3.8) is 0 Å². The lowest BCUT2D eigenvalue weighted by atomic mass is 10.2. The SMILES string of the molecule is COc1ccccc1C=CC=NNC(=O)Cn1nnc2ccccc21. The standard InChI is InChI=1S/C18H17N5O2/c1-25-17-11-5-2-7-14(17)8-6-12-19-21-18(24)13-23-16-10-4-3-9-15(16)20-22-23/h2-12H,13H2,1H3,(H,21,24). The number of allylic oxidation sites excluding steroid dienone is 1. The number of rotatable bonds is 6. The summed E-state index contributed by atoms with van der Waals surface area (Å²) in [6, 6.07) is 15.1. The monoisotopic (exact) mass is 335 g/mol. The highest BCUT2D eigenvalue weighted by Crippen LogP contribution is 2.18. The van der Waals surface area contributed by atoms with Gasteiger partial charge in [0.05, 0.1) is 12.6 Å². The maximum absolute atomic E-state index is 11.9. The van der Waals surface area contributed by atoms with E-state index in [0.29, 0.717) is 0 Å². The number of carbonyl (C=O) groups is 1. The molecule has 0 fully saturated rings. The zero-order valence-corrected chi connectivity index (χ0v) is 13.7. The first kappa shape index (κ1) is 16.4. The molecule has 0 bridgehead atoms. The number of hydrogen-bond donors (Lipinski definition) is 1. The maximum Gasteiger partial charge on any atom is 0.261 e. The second kappa shape index (κ2) is 7.87. The van der Waals surface area contributed by atoms with Gasteiger partial charge in [0, 0.05) is 11.8 Å². The molecule has 7 nitrogen and oxygen atoms in total. The van der Waals surface area contributed by atoms with E-state index in [9.17, 15) is 4.79 Å². The third-order valence-corrected chi connectivity index (χ3v) is 3.48. The maximum atomic E-state index is 11.9. The van der Waals surface area contributed by atoms with Crippen LogP contribution in [0.15, 0.2) is 59.7 Å². The molecule has 0 atom stereocenters. The predicted molar refractivity (Wildman–Crippen MR) is 96.2 cm³/mol. The molecule has 0 saturated heterocycles. The lowest BCUT2D eigenvalue weighted by Crippen LogP contribution is -2.23. The summed E-state index contributed by atoms with van der Waals surface area (Å²) in [7, 11) is 1.62. The molecule has 3 rings (SSSR count). The van der Waals surface area contributed by atoms with Crippen molar-refractivity contribution in [1.82, 2.24) is 20.4 Å². The van der Waals surface area contributed by atoms with Gasteiger partial charge in [-0.25, -0.2) is 10.1 Å². The van der Waals surface area contributed by atoms with E-state index in [0.717, 1.165) is 22.3 Å². The number of hydrazone groups is 1. The summed E-state index contributed by atoms with van der Waals surface area (Å²) in [6.45, 7) is 0.0497. The lowest BCUT2D eigenvalue weighted by Gasteiger charge is -2.02. The molecule has 0 aliphatic carbocycles. The van der Waals surface area contributed by atoms with Gasteiger partial charge in [-0.15, -0.1) is 5.10 Å². The summed E-state index contributed by atoms with van der Waals surface area (Å²) >= 11 is 0. The van der Waals surface area contributed by atoms with Crippen molar-refractivity contribution in [1.29, 1.82) is 0 Å². The molecule has 0 aliphatic rings. The van der Waals surface area contributed by atoms with E-state index < -0.39 is 0 Å². The molecule has 0 unspecified atom stereocenters. The van der Waals surface area contributed by atoms with E-state index in [1.165, 1.54) is 10.9 Å². The fourth-order valence-corrected chi connectivity index (χ4v) is 2.31. The van der Waals surface area contributed by atoms with Gasteiger partial charge in [0.2, 0.25) is 0 Å². The third kappa shape index (κ3) is 4.08. The van der Waals surface area contributed by atoms with Crippen LogP contribution in [0.4, 0.5) is 0 Å². The normalized spacial score (nSPS) is 11.4. The summed E-state index contributed by atoms with van der Waals surface area (Å²) in [5.41, 5.74) is 4.94. The van der Waals surface area contributed by atoms with E-state index in [-0.39, 0.29) is 12.5 Å². The smallest absolute Gasteiger partial charge is 0.261 e. The number of fused-ring (bicyclic) bond motifs is 1. The summed E-state index contributed by atoms with van der Waals surface area (Å²) in [5, 5.41) is 11.9. The number of methoxy groups -OCH3 is 1. The molecule has 1 amide bonds. The summed E-state index contributed by atoms with van der Waals surface area (Å²) in [5.74, 6) is 0.492. The lowest BCUT2D eigenvalue weighted by molar-refractivity contribution is -0.121. The number of aromatic nitrogens is 3. The predicted octanol–water partition coefficient (Wildman–Crippen LogP) is 2.26. The number of hydrogen-bond acceptors (Lipinski definition) is 5. The summed E-state index contributed by atoms with van der Waals surface area (Å²) in [4.78, 5) is 11.9. The fourth-order valence-electron chi connectivity index (χ4n) is 2.31. The summed E-state index contributed by atoms with van der Waals surface area (Å²) in [6.07, 6.45) is 5.08. The molecule has 25 heavy (non-hydrogen) atoms. The Hall–Kier alpha value is -3.48. The first-order chi connectivity index (χ1) is 12.3. The van der Waals surface area contributed by atoms with Crippen molar-refractivity contribution in [3.8, 4) is 5.75 Å². The van der Waals surface area contributed by atoms with Gasteiger partial charge in [0.25, 0.3) is 5.91 Å². The van der Waals surface area contributed by atoms with Gasteiger partial charge >= 0.3 is 0 Å². The highest BCUT2D eigenvalue weighted by atomic mass is 16.5. The number of nitrogens with zero attached hydrogens (tertiary/aromatic N) is 4. The van der Waals surface area contributed by atoms with E-state index >= 15 is 0 Å². The van der Waals surface area contributed by atoms with Crippen molar-refractivity contribution >= 4 is 29.2 Å². The van der Waals surface area contributed by atoms with Crippen LogP contribution in [0.5, 0.6) is 5.75 Å². The van der Waals surface area contributed by atoms with Crippen molar-refractivity contribution in [2.24, 2.45) is 5.10 Å². The minimum Gasteiger partial charge on any atom is -0.496 e. The van der Waals surface area contributed by atoms with Gasteiger partial charge in [-0.05, 0) is 30.4 Å². The molecule has 1 N–H and O–H groups in total. The van der Waals surface area contributed by atoms with Crippen molar-refractivity contribution < 1.29 is 9.53 Å². The van der Waals surface area contributed by atoms with Crippen LogP contribution < -0.4 is 10.2 Å². The van der Waals surface area contributed by atoms with Gasteiger partial charge in [0.1, 0.15) is 17.8 Å². The first-order valence-electron chi connectivity index (χ1n) is 7.68. The highest BCUT2D eigenvalue weighted by Gasteiger charge is 2.07. The van der Waals surface area contributed by atoms with Crippen molar-refractivity contribution in [2.75, 3.05) is 7.11 Å². The van der Waals surface area contributed by atoms with Crippen LogP contribution in [0, 0.1) is 0 Å². The molecule has 7 heteroatoms. The number of amides is 1. The second-order valence-electron chi connectivity index (χ2n) is 5.15. The Morgan fingerprint density at radius 1 is 1.24 bits per heavy atom. The minimum atomic E-state index is -0.280. The molecular formula is C18H17N5O2. The van der Waals surface area contributed by atoms with E-state index in [2.05, 4.69) is 20.8 Å². The molecule has 3 aromatic rings. The fraction of sp³-hybridized carbons (Fsp3) is 0.111. The number of carbonyl (C=O) groups excluding carboxylic acids is 1. The Bertz CT molecular complexity index is 930. The molecule has 0 spiro atoms. The highest BCUT2D eigenvalue weighted by molar-refractivity contribution is 5.83. The average molecular weight is 335 g/mol. The largest absolute Gasteiger partial charge is 0.496 e. The van der Waals surface area contributed by atoms with E-state index in [1.54, 1.807) is 13.2 Å². The van der Waals surface area contributed by atoms with Crippen LogP contribution in [0.3, 0.4) is 0 Å². The molecule has 1 heterocycles. The van der Waals surface area contributed by atoms with Crippen LogP contribution in [0.25, 0.3) is 17.1 Å². The molecular weight excluding hydrogens is 318 g/mol. The van der Waals surface area contributed by atoms with Crippen LogP contribution in [-0.2, 0) is 11.3 Å². The van der Waals surface area contributed by atoms with Crippen molar-refractivity contribution in [3.05, 3.63) is 60.2 Å². The Morgan fingerprint density at radius 2 is 2.04 bits per heavy atom. The Kier molecular flexibility index (Phi) is 5.16. The Balaban J connectivity index is 1.55. The quantitative estimate of drug-likeness (QED) is 0.553. The molecule has 126 valence electrons.